The van der Waals surface area contributed by atoms with Crippen LogP contribution in [0.4, 0.5) is 10.9 Å². The van der Waals surface area contributed by atoms with Gasteiger partial charge in [-0.15, -0.1) is 11.3 Å². The third-order valence-electron chi connectivity index (χ3n) is 2.78. The van der Waals surface area contributed by atoms with Crippen LogP contribution < -0.4 is 11.5 Å². The number of anilines is 2. The number of fused-ring (bicyclic) bond motifs is 1. The van der Waals surface area contributed by atoms with E-state index in [-0.39, 0.29) is 0 Å². The highest BCUT2D eigenvalue weighted by Gasteiger charge is 2.07. The Morgan fingerprint density at radius 3 is 2.79 bits per heavy atom. The molecule has 0 fully saturated rings. The Bertz CT molecular complexity index is 702. The number of rotatable bonds is 4. The molecule has 0 saturated heterocycles. The first-order valence-electron chi connectivity index (χ1n) is 5.87. The first-order chi connectivity index (χ1) is 9.22. The number of hydrogen-bond donors (Lipinski definition) is 3. The number of H-pyrrole nitrogens is 1. The summed E-state index contributed by atoms with van der Waals surface area (Å²) < 4.78 is 0. The summed E-state index contributed by atoms with van der Waals surface area (Å²) in [7, 11) is 0. The minimum Gasteiger partial charge on any atom is -0.382 e. The normalized spacial score (nSPS) is 11.2. The second-order valence-corrected chi connectivity index (χ2v) is 5.06. The fourth-order valence-corrected chi connectivity index (χ4v) is 2.48. The maximum Gasteiger partial charge on any atom is 0.183 e. The van der Waals surface area contributed by atoms with Crippen molar-refractivity contribution in [2.24, 2.45) is 0 Å². The Kier molecular flexibility index (Phi) is 3.00. The van der Waals surface area contributed by atoms with Crippen molar-refractivity contribution in [2.45, 2.75) is 19.3 Å². The molecule has 8 heteroatoms. The number of aromatic amines is 1. The highest BCUT2D eigenvalue weighted by Crippen LogP contribution is 2.16. The van der Waals surface area contributed by atoms with Crippen LogP contribution in [-0.2, 0) is 12.8 Å². The summed E-state index contributed by atoms with van der Waals surface area (Å²) in [6.45, 7) is 0. The number of aryl methyl sites for hydroxylation is 2. The number of nitrogens with zero attached hydrogens (tertiary/aromatic N) is 4. The van der Waals surface area contributed by atoms with Gasteiger partial charge in [0.2, 0.25) is 0 Å². The molecule has 0 aliphatic rings. The highest BCUT2D eigenvalue weighted by molar-refractivity contribution is 7.13. The summed E-state index contributed by atoms with van der Waals surface area (Å²) in [6, 6.07) is 0. The van der Waals surface area contributed by atoms with E-state index in [9.17, 15) is 0 Å². The van der Waals surface area contributed by atoms with E-state index >= 15 is 0 Å². The SMILES string of the molecule is Nc1nc(CCCc2nc3ncnc(N)c3[nH]2)cs1. The van der Waals surface area contributed by atoms with Crippen molar-refractivity contribution in [1.29, 1.82) is 0 Å². The van der Waals surface area contributed by atoms with Crippen molar-refractivity contribution in [3.8, 4) is 0 Å². The van der Waals surface area contributed by atoms with Crippen LogP contribution in [0.1, 0.15) is 17.9 Å². The van der Waals surface area contributed by atoms with Gasteiger partial charge in [-0.2, -0.15) is 0 Å². The van der Waals surface area contributed by atoms with Gasteiger partial charge in [-0.3, -0.25) is 0 Å². The third kappa shape index (κ3) is 2.48. The number of aromatic nitrogens is 5. The van der Waals surface area contributed by atoms with Gasteiger partial charge < -0.3 is 16.5 Å². The molecule has 0 bridgehead atoms. The van der Waals surface area contributed by atoms with Crippen molar-refractivity contribution in [1.82, 2.24) is 24.9 Å². The lowest BCUT2D eigenvalue weighted by Crippen LogP contribution is -1.93. The molecule has 0 aromatic carbocycles. The highest BCUT2D eigenvalue weighted by atomic mass is 32.1. The van der Waals surface area contributed by atoms with Gasteiger partial charge in [-0.25, -0.2) is 19.9 Å². The number of thiazole rings is 1. The first kappa shape index (κ1) is 11.8. The quantitative estimate of drug-likeness (QED) is 0.657. The largest absolute Gasteiger partial charge is 0.382 e. The minimum atomic E-state index is 0.427. The fourth-order valence-electron chi connectivity index (χ4n) is 1.89. The second kappa shape index (κ2) is 4.81. The van der Waals surface area contributed by atoms with Gasteiger partial charge in [0, 0.05) is 11.8 Å². The number of imidazole rings is 1. The predicted molar refractivity (Wildman–Crippen MR) is 74.6 cm³/mol. The van der Waals surface area contributed by atoms with Gasteiger partial charge in [0.1, 0.15) is 17.7 Å². The average molecular weight is 275 g/mol. The average Bonchev–Trinajstić information content (AvgIpc) is 2.97. The Hall–Kier alpha value is -2.22. The van der Waals surface area contributed by atoms with E-state index in [2.05, 4.69) is 24.9 Å². The molecule has 0 saturated carbocycles. The van der Waals surface area contributed by atoms with E-state index in [1.54, 1.807) is 0 Å². The van der Waals surface area contributed by atoms with Gasteiger partial charge in [0.15, 0.2) is 16.6 Å². The van der Waals surface area contributed by atoms with E-state index in [4.69, 9.17) is 11.5 Å². The summed E-state index contributed by atoms with van der Waals surface area (Å²) in [4.78, 5) is 19.8. The summed E-state index contributed by atoms with van der Waals surface area (Å²) in [5, 5.41) is 2.60. The zero-order valence-electron chi connectivity index (χ0n) is 10.1. The molecule has 0 aliphatic heterocycles. The Balaban J connectivity index is 1.67. The number of hydrogen-bond acceptors (Lipinski definition) is 7. The molecule has 19 heavy (non-hydrogen) atoms. The molecule has 7 nitrogen and oxygen atoms in total. The summed E-state index contributed by atoms with van der Waals surface area (Å²) >= 11 is 1.46. The van der Waals surface area contributed by atoms with Crippen LogP contribution in [0, 0.1) is 0 Å². The lowest BCUT2D eigenvalue weighted by molar-refractivity contribution is 0.774. The Morgan fingerprint density at radius 1 is 1.16 bits per heavy atom. The van der Waals surface area contributed by atoms with Gasteiger partial charge in [0.05, 0.1) is 5.69 Å². The smallest absolute Gasteiger partial charge is 0.183 e. The minimum absolute atomic E-state index is 0.427. The molecule has 0 spiro atoms. The molecule has 98 valence electrons. The predicted octanol–water partition coefficient (Wildman–Crippen LogP) is 1.15. The van der Waals surface area contributed by atoms with E-state index in [1.807, 2.05) is 5.38 Å². The summed E-state index contributed by atoms with van der Waals surface area (Å²) in [5.74, 6) is 1.29. The van der Waals surface area contributed by atoms with Crippen LogP contribution in [0.15, 0.2) is 11.7 Å². The molecule has 5 N–H and O–H groups in total. The second-order valence-electron chi connectivity index (χ2n) is 4.17. The van der Waals surface area contributed by atoms with Crippen LogP contribution >= 0.6 is 11.3 Å². The monoisotopic (exact) mass is 275 g/mol. The molecule has 3 aromatic rings. The van der Waals surface area contributed by atoms with Gasteiger partial charge in [-0.1, -0.05) is 0 Å². The lowest BCUT2D eigenvalue weighted by atomic mass is 10.2. The van der Waals surface area contributed by atoms with E-state index < -0.39 is 0 Å². The Morgan fingerprint density at radius 2 is 2.05 bits per heavy atom. The number of nitrogens with two attached hydrogens (primary N) is 2. The van der Waals surface area contributed by atoms with Gasteiger partial charge >= 0.3 is 0 Å². The lowest BCUT2D eigenvalue weighted by Gasteiger charge is -1.95. The maximum absolute atomic E-state index is 5.75. The molecular weight excluding hydrogens is 262 g/mol. The summed E-state index contributed by atoms with van der Waals surface area (Å²) in [6.07, 6.45) is 4.05. The maximum atomic E-state index is 5.75. The van der Waals surface area contributed by atoms with Crippen molar-refractivity contribution in [2.75, 3.05) is 11.5 Å². The molecule has 0 unspecified atom stereocenters. The standard InChI is InChI=1S/C11H13N7S/c12-9-8-10(15-5-14-9)18-7(17-8)3-1-2-6-4-19-11(13)16-6/h4-5H,1-3H2,(H2,13,16)(H3,12,14,15,17,18). The van der Waals surface area contributed by atoms with Crippen LogP contribution in [0.5, 0.6) is 0 Å². The van der Waals surface area contributed by atoms with Crippen molar-refractivity contribution in [3.63, 3.8) is 0 Å². The number of nitrogens with one attached hydrogen (secondary N) is 1. The molecular formula is C11H13N7S. The van der Waals surface area contributed by atoms with Gasteiger partial charge in [-0.05, 0) is 12.8 Å². The molecule has 3 rings (SSSR count). The molecule has 0 atom stereocenters. The molecule has 0 aliphatic carbocycles. The third-order valence-corrected chi connectivity index (χ3v) is 3.51. The molecule has 3 heterocycles. The molecule has 3 aromatic heterocycles. The fraction of sp³-hybridized carbons (Fsp3) is 0.273. The van der Waals surface area contributed by atoms with E-state index in [0.717, 1.165) is 30.8 Å². The Labute approximate surface area is 113 Å². The molecule has 0 radical (unpaired) electrons. The van der Waals surface area contributed by atoms with Crippen molar-refractivity contribution in [3.05, 3.63) is 23.2 Å². The van der Waals surface area contributed by atoms with Crippen molar-refractivity contribution >= 4 is 33.5 Å². The van der Waals surface area contributed by atoms with Crippen LogP contribution in [0.2, 0.25) is 0 Å². The number of nitrogen functional groups attached to an aromatic ring is 2. The topological polar surface area (TPSA) is 119 Å². The van der Waals surface area contributed by atoms with Crippen LogP contribution in [0.3, 0.4) is 0 Å². The van der Waals surface area contributed by atoms with Crippen molar-refractivity contribution < 1.29 is 0 Å². The van der Waals surface area contributed by atoms with Crippen LogP contribution in [0.25, 0.3) is 11.2 Å². The zero-order chi connectivity index (χ0) is 13.2. The zero-order valence-corrected chi connectivity index (χ0v) is 10.9. The molecule has 0 amide bonds. The van der Waals surface area contributed by atoms with E-state index in [0.29, 0.717) is 22.1 Å². The van der Waals surface area contributed by atoms with Gasteiger partial charge in [0.25, 0.3) is 0 Å². The summed E-state index contributed by atoms with van der Waals surface area (Å²) in [5.41, 5.74) is 13.7. The van der Waals surface area contributed by atoms with E-state index in [1.165, 1.54) is 17.7 Å². The first-order valence-corrected chi connectivity index (χ1v) is 6.75. The van der Waals surface area contributed by atoms with Crippen LogP contribution in [-0.4, -0.2) is 24.9 Å².